The normalized spacial score (nSPS) is 12.1. The first-order valence-corrected chi connectivity index (χ1v) is 12.3. The number of fused-ring (bicyclic) bond motifs is 1. The first-order chi connectivity index (χ1) is 16.4. The molecule has 0 bridgehead atoms. The second-order valence-corrected chi connectivity index (χ2v) is 9.12. The number of nitrogens with one attached hydrogen (secondary N) is 1. The minimum absolute atomic E-state index is 0.101. The zero-order chi connectivity index (χ0) is 24.1. The summed E-state index contributed by atoms with van der Waals surface area (Å²) >= 11 is 0. The molecule has 172 valence electrons. The summed E-state index contributed by atoms with van der Waals surface area (Å²) < 4.78 is 30.4. The number of aromatic nitrogens is 1. The van der Waals surface area contributed by atoms with Crippen LogP contribution in [0.25, 0.3) is 22.2 Å². The van der Waals surface area contributed by atoms with E-state index < -0.39 is 16.0 Å². The van der Waals surface area contributed by atoms with E-state index in [0.717, 1.165) is 5.56 Å². The third kappa shape index (κ3) is 4.84. The molecular weight excluding hydrogens is 448 g/mol. The minimum atomic E-state index is -4.17. The van der Waals surface area contributed by atoms with Crippen LogP contribution in [0, 0.1) is 0 Å². The topological polar surface area (TPSA) is 85.4 Å². The Balaban J connectivity index is 1.95. The Hall–Kier alpha value is -3.97. The number of amides is 1. The molecule has 0 saturated carbocycles. The fourth-order valence-corrected chi connectivity index (χ4v) is 4.24. The zero-order valence-electron chi connectivity index (χ0n) is 18.6. The third-order valence-electron chi connectivity index (χ3n) is 5.44. The van der Waals surface area contributed by atoms with Crippen LogP contribution in [0.15, 0.2) is 96.9 Å². The number of carbonyl (C=O) groups excluding carboxylic acids is 1. The van der Waals surface area contributed by atoms with Crippen LogP contribution in [-0.4, -0.2) is 19.3 Å². The number of hydrogen-bond donors (Lipinski definition) is 1. The molecule has 1 N–H and O–H groups in total. The van der Waals surface area contributed by atoms with Gasteiger partial charge in [0.2, 0.25) is 0 Å². The number of pyridine rings is 1. The van der Waals surface area contributed by atoms with Gasteiger partial charge >= 0.3 is 10.1 Å². The van der Waals surface area contributed by atoms with E-state index in [1.807, 2.05) is 49.4 Å². The van der Waals surface area contributed by atoms with Crippen molar-refractivity contribution in [1.29, 1.82) is 0 Å². The molecule has 4 aromatic rings. The summed E-state index contributed by atoms with van der Waals surface area (Å²) in [6.45, 7) is 5.31. The van der Waals surface area contributed by atoms with Crippen molar-refractivity contribution >= 4 is 26.9 Å². The van der Waals surface area contributed by atoms with E-state index in [1.54, 1.807) is 42.5 Å². The summed E-state index contributed by atoms with van der Waals surface area (Å²) in [5, 5.41) is 4.24. The lowest BCUT2D eigenvalue weighted by Gasteiger charge is -2.21. The third-order valence-corrected chi connectivity index (χ3v) is 6.25. The van der Waals surface area contributed by atoms with Gasteiger partial charge in [-0.25, -0.2) is 4.98 Å². The Kier molecular flexibility index (Phi) is 6.75. The Morgan fingerprint density at radius 1 is 1.00 bits per heavy atom. The van der Waals surface area contributed by atoms with E-state index in [9.17, 15) is 13.2 Å². The van der Waals surface area contributed by atoms with Crippen molar-refractivity contribution in [3.8, 4) is 17.0 Å². The number of benzene rings is 3. The molecule has 0 radical (unpaired) electrons. The standard InChI is InChI=1S/C27H24N2O4S/c1-3-22(19-13-7-5-8-14-19)29-27(30)24-21-17-11-12-18-23(21)28-25(20-15-9-6-10-16-20)26(24)33-34(31,32)4-2/h4-18,22H,2-3H2,1H3,(H,29,30)/t22-/m0/s1. The summed E-state index contributed by atoms with van der Waals surface area (Å²) in [6.07, 6.45) is 0.644. The number of para-hydroxylation sites is 1. The maximum Gasteiger partial charge on any atom is 0.331 e. The molecule has 4 rings (SSSR count). The van der Waals surface area contributed by atoms with Crippen molar-refractivity contribution in [3.05, 3.63) is 108 Å². The van der Waals surface area contributed by atoms with Crippen LogP contribution in [0.4, 0.5) is 0 Å². The molecule has 0 aliphatic carbocycles. The summed E-state index contributed by atoms with van der Waals surface area (Å²) in [4.78, 5) is 18.4. The van der Waals surface area contributed by atoms with Crippen molar-refractivity contribution < 1.29 is 17.4 Å². The van der Waals surface area contributed by atoms with Gasteiger partial charge in [0, 0.05) is 10.9 Å². The Bertz CT molecular complexity index is 1440. The van der Waals surface area contributed by atoms with Crippen molar-refractivity contribution in [2.75, 3.05) is 0 Å². The van der Waals surface area contributed by atoms with Crippen molar-refractivity contribution in [3.63, 3.8) is 0 Å². The second kappa shape index (κ2) is 9.89. The van der Waals surface area contributed by atoms with Crippen LogP contribution in [0.1, 0.15) is 35.3 Å². The monoisotopic (exact) mass is 472 g/mol. The lowest BCUT2D eigenvalue weighted by Crippen LogP contribution is -2.29. The molecule has 1 heterocycles. The van der Waals surface area contributed by atoms with E-state index in [4.69, 9.17) is 4.18 Å². The second-order valence-electron chi connectivity index (χ2n) is 7.64. The molecule has 0 aliphatic heterocycles. The van der Waals surface area contributed by atoms with Crippen molar-refractivity contribution in [1.82, 2.24) is 10.3 Å². The lowest BCUT2D eigenvalue weighted by molar-refractivity contribution is 0.0936. The molecule has 0 spiro atoms. The van der Waals surface area contributed by atoms with Crippen LogP contribution >= 0.6 is 0 Å². The van der Waals surface area contributed by atoms with Gasteiger partial charge in [-0.15, -0.1) is 0 Å². The number of carbonyl (C=O) groups is 1. The van der Waals surface area contributed by atoms with E-state index in [0.29, 0.717) is 28.3 Å². The predicted molar refractivity (Wildman–Crippen MR) is 134 cm³/mol. The molecule has 0 aliphatic rings. The quantitative estimate of drug-likeness (QED) is 0.336. The molecule has 0 saturated heterocycles. The molecule has 7 heteroatoms. The minimum Gasteiger partial charge on any atom is -0.376 e. The van der Waals surface area contributed by atoms with Gasteiger partial charge in [0.1, 0.15) is 5.69 Å². The molecule has 1 amide bonds. The molecule has 3 aromatic carbocycles. The molecule has 1 atom stereocenters. The van der Waals surface area contributed by atoms with Gasteiger partial charge in [-0.1, -0.05) is 92.4 Å². The maximum absolute atomic E-state index is 13.7. The highest BCUT2D eigenvalue weighted by Crippen LogP contribution is 2.37. The van der Waals surface area contributed by atoms with Crippen LogP contribution in [0.2, 0.25) is 0 Å². The Labute approximate surface area is 199 Å². The van der Waals surface area contributed by atoms with E-state index >= 15 is 0 Å². The molecule has 6 nitrogen and oxygen atoms in total. The zero-order valence-corrected chi connectivity index (χ0v) is 19.5. The van der Waals surface area contributed by atoms with E-state index in [-0.39, 0.29) is 23.0 Å². The smallest absolute Gasteiger partial charge is 0.331 e. The van der Waals surface area contributed by atoms with Gasteiger partial charge in [-0.05, 0) is 18.1 Å². The summed E-state index contributed by atoms with van der Waals surface area (Å²) in [6, 6.07) is 25.4. The summed E-state index contributed by atoms with van der Waals surface area (Å²) in [7, 11) is -4.17. The van der Waals surface area contributed by atoms with Gasteiger partial charge < -0.3 is 9.50 Å². The van der Waals surface area contributed by atoms with Crippen LogP contribution in [0.5, 0.6) is 5.75 Å². The van der Waals surface area contributed by atoms with Gasteiger partial charge in [-0.2, -0.15) is 8.42 Å². The molecule has 34 heavy (non-hydrogen) atoms. The highest BCUT2D eigenvalue weighted by Gasteiger charge is 2.27. The van der Waals surface area contributed by atoms with Crippen LogP contribution in [-0.2, 0) is 10.1 Å². The molecule has 1 aromatic heterocycles. The number of nitrogens with zero attached hydrogens (tertiary/aromatic N) is 1. The predicted octanol–water partition coefficient (Wildman–Crippen LogP) is 5.64. The summed E-state index contributed by atoms with van der Waals surface area (Å²) in [5.74, 6) is -0.592. The first-order valence-electron chi connectivity index (χ1n) is 10.8. The van der Waals surface area contributed by atoms with Crippen molar-refractivity contribution in [2.24, 2.45) is 0 Å². The largest absolute Gasteiger partial charge is 0.376 e. The van der Waals surface area contributed by atoms with Gasteiger partial charge in [0.15, 0.2) is 5.75 Å². The average Bonchev–Trinajstić information content (AvgIpc) is 2.87. The Morgan fingerprint density at radius 2 is 1.62 bits per heavy atom. The number of rotatable bonds is 8. The number of hydrogen-bond acceptors (Lipinski definition) is 5. The molecule has 0 fully saturated rings. The molecule has 0 unspecified atom stereocenters. The van der Waals surface area contributed by atoms with Crippen LogP contribution in [0.3, 0.4) is 0 Å². The average molecular weight is 473 g/mol. The fraction of sp³-hybridized carbons (Fsp3) is 0.111. The molecular formula is C27H24N2O4S. The highest BCUT2D eigenvalue weighted by molar-refractivity contribution is 7.90. The SMILES string of the molecule is C=CS(=O)(=O)Oc1c(-c2ccccc2)nc2ccccc2c1C(=O)N[C@@H](CC)c1ccccc1. The van der Waals surface area contributed by atoms with Crippen LogP contribution < -0.4 is 9.50 Å². The van der Waals surface area contributed by atoms with Gasteiger partial charge in [-0.3, -0.25) is 4.79 Å². The first kappa shape index (κ1) is 23.2. The summed E-state index contributed by atoms with van der Waals surface area (Å²) in [5.41, 5.74) is 2.46. The van der Waals surface area contributed by atoms with E-state index in [2.05, 4.69) is 16.9 Å². The fourth-order valence-electron chi connectivity index (χ4n) is 3.78. The Morgan fingerprint density at radius 3 is 2.26 bits per heavy atom. The van der Waals surface area contributed by atoms with E-state index in [1.165, 1.54) is 0 Å². The van der Waals surface area contributed by atoms with Gasteiger partial charge in [0.05, 0.1) is 22.5 Å². The van der Waals surface area contributed by atoms with Gasteiger partial charge in [0.25, 0.3) is 5.91 Å². The lowest BCUT2D eigenvalue weighted by atomic mass is 10.00. The maximum atomic E-state index is 13.7. The van der Waals surface area contributed by atoms with Crippen molar-refractivity contribution in [2.45, 2.75) is 19.4 Å². The highest BCUT2D eigenvalue weighted by atomic mass is 32.2.